The van der Waals surface area contributed by atoms with Gasteiger partial charge < -0.3 is 9.88 Å². The summed E-state index contributed by atoms with van der Waals surface area (Å²) in [4.78, 5) is 0. The highest BCUT2D eigenvalue weighted by Crippen LogP contribution is 2.03. The van der Waals surface area contributed by atoms with E-state index in [1.54, 1.807) is 0 Å². The molecule has 0 fully saturated rings. The van der Waals surface area contributed by atoms with Gasteiger partial charge >= 0.3 is 0 Å². The lowest BCUT2D eigenvalue weighted by molar-refractivity contribution is 0.533. The summed E-state index contributed by atoms with van der Waals surface area (Å²) in [5.41, 5.74) is 0. The maximum absolute atomic E-state index is 4.18. The second-order valence-corrected chi connectivity index (χ2v) is 3.57. The lowest BCUT2D eigenvalue weighted by Crippen LogP contribution is -2.28. The fourth-order valence-corrected chi connectivity index (χ4v) is 1.68. The molecule has 0 bridgehead atoms. The smallest absolute Gasteiger partial charge is 0.134 e. The second-order valence-electron chi connectivity index (χ2n) is 3.57. The van der Waals surface area contributed by atoms with Gasteiger partial charge in [0.05, 0.1) is 0 Å². The third-order valence-electron chi connectivity index (χ3n) is 2.37. The third-order valence-corrected chi connectivity index (χ3v) is 2.37. The second kappa shape index (κ2) is 5.10. The lowest BCUT2D eigenvalue weighted by Gasteiger charge is -2.12. The fraction of sp³-hybridized carbons (Fsp3) is 0.800. The highest BCUT2D eigenvalue weighted by atomic mass is 15.3. The zero-order valence-corrected chi connectivity index (χ0v) is 9.54. The van der Waals surface area contributed by atoms with Crippen LogP contribution in [0.1, 0.15) is 32.4 Å². The lowest BCUT2D eigenvalue weighted by atomic mass is 10.2. The van der Waals surface area contributed by atoms with Gasteiger partial charge in [-0.1, -0.05) is 6.92 Å². The van der Waals surface area contributed by atoms with Gasteiger partial charge in [-0.05, 0) is 27.3 Å². The molecule has 1 heterocycles. The van der Waals surface area contributed by atoms with E-state index in [2.05, 4.69) is 40.9 Å². The molecular formula is C10H20N4. The van der Waals surface area contributed by atoms with Crippen molar-refractivity contribution in [2.75, 3.05) is 6.54 Å². The Labute approximate surface area is 85.7 Å². The van der Waals surface area contributed by atoms with E-state index >= 15 is 0 Å². The predicted octanol–water partition coefficient (Wildman–Crippen LogP) is 1.15. The van der Waals surface area contributed by atoms with Gasteiger partial charge in [-0.2, -0.15) is 0 Å². The van der Waals surface area contributed by atoms with Gasteiger partial charge in [0.2, 0.25) is 0 Å². The number of aromatic nitrogens is 3. The van der Waals surface area contributed by atoms with Crippen LogP contribution in [0.25, 0.3) is 0 Å². The maximum atomic E-state index is 4.18. The molecule has 1 rings (SSSR count). The summed E-state index contributed by atoms with van der Waals surface area (Å²) >= 11 is 0. The monoisotopic (exact) mass is 196 g/mol. The van der Waals surface area contributed by atoms with E-state index < -0.39 is 0 Å². The Hall–Kier alpha value is -0.900. The number of nitrogens with one attached hydrogen (secondary N) is 1. The van der Waals surface area contributed by atoms with Crippen LogP contribution in [0.15, 0.2) is 0 Å². The maximum Gasteiger partial charge on any atom is 0.134 e. The van der Waals surface area contributed by atoms with Crippen LogP contribution in [-0.4, -0.2) is 27.4 Å². The SMILES string of the molecule is CCNC(C)Cc1nnc(C)n1CC. The number of likely N-dealkylation sites (N-methyl/N-ethyl adjacent to an activating group) is 1. The summed E-state index contributed by atoms with van der Waals surface area (Å²) in [6.07, 6.45) is 0.947. The van der Waals surface area contributed by atoms with Gasteiger partial charge in [0.25, 0.3) is 0 Å². The molecule has 0 aliphatic heterocycles. The number of aryl methyl sites for hydroxylation is 1. The first-order valence-corrected chi connectivity index (χ1v) is 5.31. The minimum atomic E-state index is 0.467. The Morgan fingerprint density at radius 3 is 2.64 bits per heavy atom. The molecular weight excluding hydrogens is 176 g/mol. The number of hydrogen-bond donors (Lipinski definition) is 1. The Balaban J connectivity index is 2.66. The molecule has 0 aliphatic carbocycles. The Morgan fingerprint density at radius 1 is 1.36 bits per heavy atom. The van der Waals surface area contributed by atoms with Gasteiger partial charge in [-0.25, -0.2) is 0 Å². The van der Waals surface area contributed by atoms with E-state index in [1.807, 2.05) is 6.92 Å². The molecule has 80 valence electrons. The normalized spacial score (nSPS) is 13.1. The van der Waals surface area contributed by atoms with E-state index in [0.29, 0.717) is 6.04 Å². The molecule has 4 nitrogen and oxygen atoms in total. The fourth-order valence-electron chi connectivity index (χ4n) is 1.68. The molecule has 1 N–H and O–H groups in total. The van der Waals surface area contributed by atoms with E-state index in [0.717, 1.165) is 31.2 Å². The quantitative estimate of drug-likeness (QED) is 0.768. The van der Waals surface area contributed by atoms with Crippen molar-refractivity contribution in [2.24, 2.45) is 0 Å². The van der Waals surface area contributed by atoms with Crippen molar-refractivity contribution < 1.29 is 0 Å². The standard InChI is InChI=1S/C10H20N4/c1-5-11-8(3)7-10-13-12-9(4)14(10)6-2/h8,11H,5-7H2,1-4H3. The number of hydrogen-bond acceptors (Lipinski definition) is 3. The Kier molecular flexibility index (Phi) is 4.07. The summed E-state index contributed by atoms with van der Waals surface area (Å²) < 4.78 is 2.16. The summed E-state index contributed by atoms with van der Waals surface area (Å²) in [5, 5.41) is 11.6. The van der Waals surface area contributed by atoms with Crippen molar-refractivity contribution >= 4 is 0 Å². The first kappa shape index (κ1) is 11.2. The molecule has 0 saturated heterocycles. The molecule has 1 unspecified atom stereocenters. The molecule has 0 aromatic carbocycles. The molecule has 0 amide bonds. The van der Waals surface area contributed by atoms with Gasteiger partial charge in [-0.15, -0.1) is 10.2 Å². The van der Waals surface area contributed by atoms with Crippen molar-refractivity contribution in [1.82, 2.24) is 20.1 Å². The average Bonchev–Trinajstić information content (AvgIpc) is 2.47. The molecule has 0 spiro atoms. The predicted molar refractivity (Wildman–Crippen MR) is 57.3 cm³/mol. The Morgan fingerprint density at radius 2 is 2.07 bits per heavy atom. The van der Waals surface area contributed by atoms with Crippen molar-refractivity contribution in [3.05, 3.63) is 11.6 Å². The van der Waals surface area contributed by atoms with Crippen molar-refractivity contribution in [3.63, 3.8) is 0 Å². The first-order chi connectivity index (χ1) is 6.69. The van der Waals surface area contributed by atoms with Crippen LogP contribution in [0.5, 0.6) is 0 Å². The third kappa shape index (κ3) is 2.54. The molecule has 1 aromatic rings. The van der Waals surface area contributed by atoms with Crippen LogP contribution in [0.2, 0.25) is 0 Å². The highest BCUT2D eigenvalue weighted by Gasteiger charge is 2.10. The highest BCUT2D eigenvalue weighted by molar-refractivity contribution is 4.95. The van der Waals surface area contributed by atoms with Crippen molar-refractivity contribution in [1.29, 1.82) is 0 Å². The number of nitrogens with zero attached hydrogens (tertiary/aromatic N) is 3. The molecule has 0 aliphatic rings. The van der Waals surface area contributed by atoms with Gasteiger partial charge in [-0.3, -0.25) is 0 Å². The topological polar surface area (TPSA) is 42.7 Å². The largest absolute Gasteiger partial charge is 0.315 e. The molecule has 1 atom stereocenters. The number of rotatable bonds is 5. The minimum absolute atomic E-state index is 0.467. The van der Waals surface area contributed by atoms with E-state index in [1.165, 1.54) is 0 Å². The zero-order valence-electron chi connectivity index (χ0n) is 9.54. The van der Waals surface area contributed by atoms with Crippen molar-refractivity contribution in [2.45, 2.75) is 46.7 Å². The average molecular weight is 196 g/mol. The Bertz CT molecular complexity index is 280. The summed E-state index contributed by atoms with van der Waals surface area (Å²) in [7, 11) is 0. The van der Waals surface area contributed by atoms with E-state index in [-0.39, 0.29) is 0 Å². The molecule has 4 heteroatoms. The van der Waals surface area contributed by atoms with Crippen LogP contribution in [0, 0.1) is 6.92 Å². The van der Waals surface area contributed by atoms with Crippen molar-refractivity contribution in [3.8, 4) is 0 Å². The molecule has 0 saturated carbocycles. The van der Waals surface area contributed by atoms with E-state index in [9.17, 15) is 0 Å². The molecule has 1 aromatic heterocycles. The van der Waals surface area contributed by atoms with Crippen LogP contribution in [-0.2, 0) is 13.0 Å². The van der Waals surface area contributed by atoms with Gasteiger partial charge in [0.15, 0.2) is 0 Å². The minimum Gasteiger partial charge on any atom is -0.315 e. The molecule has 0 radical (unpaired) electrons. The zero-order chi connectivity index (χ0) is 10.6. The first-order valence-electron chi connectivity index (χ1n) is 5.31. The van der Waals surface area contributed by atoms with Crippen LogP contribution in [0.3, 0.4) is 0 Å². The summed E-state index contributed by atoms with van der Waals surface area (Å²) in [5.74, 6) is 2.09. The summed E-state index contributed by atoms with van der Waals surface area (Å²) in [6.45, 7) is 10.4. The van der Waals surface area contributed by atoms with Crippen LogP contribution in [0.4, 0.5) is 0 Å². The summed E-state index contributed by atoms with van der Waals surface area (Å²) in [6, 6.07) is 0.467. The van der Waals surface area contributed by atoms with E-state index in [4.69, 9.17) is 0 Å². The van der Waals surface area contributed by atoms with Crippen LogP contribution >= 0.6 is 0 Å². The molecule has 14 heavy (non-hydrogen) atoms. The van der Waals surface area contributed by atoms with Crippen LogP contribution < -0.4 is 5.32 Å². The van der Waals surface area contributed by atoms with Gasteiger partial charge in [0, 0.05) is 19.0 Å². The van der Waals surface area contributed by atoms with Gasteiger partial charge in [0.1, 0.15) is 11.6 Å².